The third kappa shape index (κ3) is 10.5. The largest absolute Gasteiger partial charge is 0.459 e. The Balaban J connectivity index is 1.76. The predicted molar refractivity (Wildman–Crippen MR) is 199 cm³/mol. The van der Waals surface area contributed by atoms with Crippen molar-refractivity contribution in [3.63, 3.8) is 0 Å². The van der Waals surface area contributed by atoms with Gasteiger partial charge in [-0.1, -0.05) is 97.1 Å². The van der Waals surface area contributed by atoms with E-state index in [2.05, 4.69) is 0 Å². The summed E-state index contributed by atoms with van der Waals surface area (Å²) in [6.07, 6.45) is -4.80. The second-order valence-electron chi connectivity index (χ2n) is 12.4. The average Bonchev–Trinajstić information content (AvgIpc) is 3.14. The Morgan fingerprint density at radius 1 is 0.660 bits per heavy atom. The Labute approximate surface area is 316 Å². The Kier molecular flexibility index (Phi) is 14.1. The zero-order valence-electron chi connectivity index (χ0n) is 29.5. The van der Waals surface area contributed by atoms with Crippen LogP contribution < -0.4 is 0 Å². The molecule has 1 aliphatic rings. The highest BCUT2D eigenvalue weighted by atomic mass is 32.2. The van der Waals surface area contributed by atoms with E-state index in [0.29, 0.717) is 5.56 Å². The van der Waals surface area contributed by atoms with Gasteiger partial charge in [-0.05, 0) is 35.4 Å². The first-order valence-corrected chi connectivity index (χ1v) is 18.7. The molecule has 0 heterocycles. The molecule has 0 radical (unpaired) electrons. The van der Waals surface area contributed by atoms with E-state index in [-0.39, 0.29) is 19.8 Å². The fourth-order valence-corrected chi connectivity index (χ4v) is 9.39. The fourth-order valence-electron chi connectivity index (χ4n) is 6.45. The first-order chi connectivity index (χ1) is 25.6. The third-order valence-electron chi connectivity index (χ3n) is 8.57. The van der Waals surface area contributed by atoms with Crippen LogP contribution in [0, 0.1) is 16.0 Å². The van der Waals surface area contributed by atoms with Crippen LogP contribution in [-0.4, -0.2) is 64.0 Å². The number of hydrogen-bond acceptors (Lipinski definition) is 12. The summed E-state index contributed by atoms with van der Waals surface area (Å²) in [6.45, 7) is 3.07. The lowest BCUT2D eigenvalue weighted by Gasteiger charge is -2.53. The molecule has 0 N–H and O–H groups in total. The minimum absolute atomic E-state index is 0.0688. The van der Waals surface area contributed by atoms with Crippen LogP contribution in [0.25, 0.3) is 0 Å². The number of thioether (sulfide) groups is 2. The van der Waals surface area contributed by atoms with E-state index >= 15 is 0 Å². The van der Waals surface area contributed by atoms with Gasteiger partial charge >= 0.3 is 17.9 Å². The van der Waals surface area contributed by atoms with Crippen molar-refractivity contribution in [3.8, 4) is 0 Å². The number of nitro groups is 1. The Bertz CT molecular complexity index is 1760. The first kappa shape index (κ1) is 39.5. The molecule has 0 aromatic heterocycles. The SMILES string of the molecule is CC(=O)O[C@@H]1[C@H]([N+](=O)[O-])[C@@H](C(Sc2ccccc2)Sc2ccccc2)[C@@H](OC(C)=O)[C@](COCc2ccccc2)(OCc2ccccc2)[C@H]1OC(C)=O. The minimum Gasteiger partial charge on any atom is -0.459 e. The maximum absolute atomic E-state index is 13.5. The molecule has 4 aromatic carbocycles. The van der Waals surface area contributed by atoms with Crippen molar-refractivity contribution in [1.82, 2.24) is 0 Å². The van der Waals surface area contributed by atoms with Crippen LogP contribution in [0.15, 0.2) is 131 Å². The molecule has 13 heteroatoms. The molecule has 6 atom stereocenters. The number of hydrogen-bond donors (Lipinski definition) is 0. The van der Waals surface area contributed by atoms with Crippen LogP contribution in [0.2, 0.25) is 0 Å². The van der Waals surface area contributed by atoms with Crippen molar-refractivity contribution in [3.05, 3.63) is 143 Å². The topological polar surface area (TPSA) is 141 Å². The van der Waals surface area contributed by atoms with Crippen molar-refractivity contribution in [1.29, 1.82) is 0 Å². The normalized spacial score (nSPS) is 22.5. The zero-order chi connectivity index (χ0) is 37.8. The number of esters is 3. The van der Waals surface area contributed by atoms with E-state index in [4.69, 9.17) is 23.7 Å². The molecule has 0 bridgehead atoms. The van der Waals surface area contributed by atoms with Gasteiger partial charge in [0.15, 0.2) is 11.7 Å². The molecule has 4 aromatic rings. The smallest absolute Gasteiger partial charge is 0.303 e. The summed E-state index contributed by atoms with van der Waals surface area (Å²) < 4.78 is 30.4. The van der Waals surface area contributed by atoms with Gasteiger partial charge in [-0.15, -0.1) is 23.5 Å². The fraction of sp³-hybridized carbons (Fsp3) is 0.325. The quantitative estimate of drug-likeness (QED) is 0.0286. The zero-order valence-corrected chi connectivity index (χ0v) is 31.1. The minimum atomic E-state index is -1.94. The molecule has 11 nitrogen and oxygen atoms in total. The highest BCUT2D eigenvalue weighted by molar-refractivity contribution is 8.17. The lowest BCUT2D eigenvalue weighted by molar-refractivity contribution is -0.557. The van der Waals surface area contributed by atoms with Crippen LogP contribution in [0.3, 0.4) is 0 Å². The number of benzene rings is 4. The number of carbonyl (C=O) groups excluding carboxylic acids is 3. The van der Waals surface area contributed by atoms with Crippen LogP contribution in [0.1, 0.15) is 31.9 Å². The second-order valence-corrected chi connectivity index (χ2v) is 15.2. The summed E-state index contributed by atoms with van der Waals surface area (Å²) in [7, 11) is 0. The maximum atomic E-state index is 13.5. The van der Waals surface area contributed by atoms with E-state index in [0.717, 1.165) is 29.2 Å². The summed E-state index contributed by atoms with van der Waals surface area (Å²) in [4.78, 5) is 53.5. The van der Waals surface area contributed by atoms with Gasteiger partial charge in [0.05, 0.1) is 30.3 Å². The Hall–Kier alpha value is -4.69. The van der Waals surface area contributed by atoms with Crippen molar-refractivity contribution in [2.75, 3.05) is 6.61 Å². The summed E-state index contributed by atoms with van der Waals surface area (Å²) in [5, 5.41) is 13.5. The van der Waals surface area contributed by atoms with E-state index in [1.54, 1.807) is 0 Å². The summed E-state index contributed by atoms with van der Waals surface area (Å²) in [6, 6.07) is 35.3. The van der Waals surface area contributed by atoms with Gasteiger partial charge in [0.25, 0.3) is 6.04 Å². The second kappa shape index (κ2) is 18.9. The van der Waals surface area contributed by atoms with Gasteiger partial charge in [-0.3, -0.25) is 24.5 Å². The van der Waals surface area contributed by atoms with Crippen molar-refractivity contribution < 1.29 is 43.0 Å². The first-order valence-electron chi connectivity index (χ1n) is 17.0. The molecule has 53 heavy (non-hydrogen) atoms. The van der Waals surface area contributed by atoms with E-state index in [9.17, 15) is 24.5 Å². The molecule has 0 spiro atoms. The molecular formula is C40H41NO10S2. The lowest BCUT2D eigenvalue weighted by atomic mass is 9.69. The molecule has 1 saturated carbocycles. The van der Waals surface area contributed by atoms with Gasteiger partial charge in [-0.2, -0.15) is 0 Å². The monoisotopic (exact) mass is 759 g/mol. The molecule has 0 saturated heterocycles. The van der Waals surface area contributed by atoms with Crippen molar-refractivity contribution in [2.24, 2.45) is 5.92 Å². The molecule has 0 unspecified atom stereocenters. The van der Waals surface area contributed by atoms with Gasteiger partial charge in [0, 0.05) is 35.5 Å². The van der Waals surface area contributed by atoms with E-state index in [1.165, 1.54) is 30.4 Å². The Morgan fingerprint density at radius 3 is 1.55 bits per heavy atom. The maximum Gasteiger partial charge on any atom is 0.303 e. The molecule has 0 amide bonds. The van der Waals surface area contributed by atoms with Crippen molar-refractivity contribution >= 4 is 41.4 Å². The highest BCUT2D eigenvalue weighted by Crippen LogP contribution is 2.51. The predicted octanol–water partition coefficient (Wildman–Crippen LogP) is 7.14. The molecule has 278 valence electrons. The van der Waals surface area contributed by atoms with Crippen LogP contribution in [0.4, 0.5) is 0 Å². The molecular weight excluding hydrogens is 719 g/mol. The highest BCUT2D eigenvalue weighted by Gasteiger charge is 2.71. The Morgan fingerprint density at radius 2 is 1.09 bits per heavy atom. The van der Waals surface area contributed by atoms with Gasteiger partial charge in [0.1, 0.15) is 6.10 Å². The van der Waals surface area contributed by atoms with Crippen LogP contribution in [-0.2, 0) is 51.3 Å². The molecule has 5 rings (SSSR count). The molecule has 0 aliphatic heterocycles. The molecule has 1 fully saturated rings. The van der Waals surface area contributed by atoms with Gasteiger partial charge < -0.3 is 23.7 Å². The van der Waals surface area contributed by atoms with Crippen LogP contribution >= 0.6 is 23.5 Å². The number of carbonyl (C=O) groups is 3. The lowest BCUT2D eigenvalue weighted by Crippen LogP contribution is -2.75. The van der Waals surface area contributed by atoms with Gasteiger partial charge in [-0.25, -0.2) is 0 Å². The molecule has 1 aliphatic carbocycles. The summed E-state index contributed by atoms with van der Waals surface area (Å²) in [5.41, 5.74) is -0.418. The van der Waals surface area contributed by atoms with Crippen molar-refractivity contribution in [2.45, 2.75) is 78.3 Å². The number of nitrogens with zero attached hydrogens (tertiary/aromatic N) is 1. The number of rotatable bonds is 16. The van der Waals surface area contributed by atoms with E-state index < -0.39 is 63.3 Å². The average molecular weight is 760 g/mol. The number of ether oxygens (including phenoxy) is 5. The van der Waals surface area contributed by atoms with E-state index in [1.807, 2.05) is 121 Å². The standard InChI is InChI=1S/C40H41NO10S2/c1-27(42)49-36-35(41(45)46)34(39(52-32-20-12-6-13-21-32)53-33-22-14-7-15-23-33)37(50-28(2)43)40(38(36)51-29(3)44,48-25-31-18-10-5-11-19-31)26-47-24-30-16-8-4-9-17-30/h4-23,34-39H,24-26H2,1-3H3/t34-,35-,36-,37-,38+,40+/m1/s1. The third-order valence-corrected chi connectivity index (χ3v) is 11.3. The summed E-state index contributed by atoms with van der Waals surface area (Å²) in [5.74, 6) is -3.64. The van der Waals surface area contributed by atoms with Gasteiger partial charge in [0.2, 0.25) is 6.10 Å². The summed E-state index contributed by atoms with van der Waals surface area (Å²) >= 11 is 2.67. The van der Waals surface area contributed by atoms with Crippen LogP contribution in [0.5, 0.6) is 0 Å².